The van der Waals surface area contributed by atoms with Crippen molar-refractivity contribution < 1.29 is 23.6 Å². The summed E-state index contributed by atoms with van der Waals surface area (Å²) in [5.41, 5.74) is 2.05. The standard InChI is InChI=1S/C25H29N5O5/c1-16(31)26-19-7-4-8-20(13-19)27-25(32)18-6-5-11-30(14-18)15-23-28-24(29-35-23)17-9-10-21(33-2)22(12-17)34-3/h4,7-10,12-13,18H,5-6,11,14-15H2,1-3H3,(H,26,31)(H,27,32). The Kier molecular flexibility index (Phi) is 7.61. The fourth-order valence-electron chi connectivity index (χ4n) is 4.14. The Hall–Kier alpha value is -3.92. The van der Waals surface area contributed by atoms with Gasteiger partial charge in [0.2, 0.25) is 23.5 Å². The summed E-state index contributed by atoms with van der Waals surface area (Å²) in [4.78, 5) is 30.9. The summed E-state index contributed by atoms with van der Waals surface area (Å²) in [7, 11) is 3.16. The first kappa shape index (κ1) is 24.2. The normalized spacial score (nSPS) is 15.9. The molecule has 2 amide bonds. The number of benzene rings is 2. The number of likely N-dealkylation sites (tertiary alicyclic amines) is 1. The summed E-state index contributed by atoms with van der Waals surface area (Å²) in [6.45, 7) is 3.34. The summed E-state index contributed by atoms with van der Waals surface area (Å²) in [5.74, 6) is 1.78. The van der Waals surface area contributed by atoms with Gasteiger partial charge in [-0.2, -0.15) is 4.98 Å². The monoisotopic (exact) mass is 479 g/mol. The molecule has 1 atom stereocenters. The molecule has 10 heteroatoms. The van der Waals surface area contributed by atoms with Gasteiger partial charge in [0, 0.05) is 30.4 Å². The lowest BCUT2D eigenvalue weighted by atomic mass is 9.97. The first-order valence-electron chi connectivity index (χ1n) is 11.4. The Morgan fingerprint density at radius 3 is 2.60 bits per heavy atom. The molecule has 2 heterocycles. The van der Waals surface area contributed by atoms with E-state index in [2.05, 4.69) is 25.7 Å². The number of nitrogens with one attached hydrogen (secondary N) is 2. The number of aromatic nitrogens is 2. The van der Waals surface area contributed by atoms with Crippen molar-refractivity contribution in [2.24, 2.45) is 5.92 Å². The molecule has 0 aliphatic carbocycles. The third kappa shape index (κ3) is 6.15. The minimum Gasteiger partial charge on any atom is -0.493 e. The maximum atomic E-state index is 12.9. The van der Waals surface area contributed by atoms with Crippen LogP contribution in [0.5, 0.6) is 11.5 Å². The van der Waals surface area contributed by atoms with E-state index in [1.165, 1.54) is 6.92 Å². The summed E-state index contributed by atoms with van der Waals surface area (Å²) >= 11 is 0. The molecule has 10 nitrogen and oxygen atoms in total. The predicted octanol–water partition coefficient (Wildman–Crippen LogP) is 3.56. The van der Waals surface area contributed by atoms with Crippen molar-refractivity contribution >= 4 is 23.2 Å². The van der Waals surface area contributed by atoms with Gasteiger partial charge in [0.25, 0.3) is 0 Å². The van der Waals surface area contributed by atoms with Crippen molar-refractivity contribution in [3.8, 4) is 22.9 Å². The van der Waals surface area contributed by atoms with Crippen LogP contribution in [-0.2, 0) is 16.1 Å². The molecule has 2 aromatic carbocycles. The Balaban J connectivity index is 1.37. The molecule has 1 aliphatic rings. The second-order valence-electron chi connectivity index (χ2n) is 8.41. The molecule has 2 N–H and O–H groups in total. The fraction of sp³-hybridized carbons (Fsp3) is 0.360. The van der Waals surface area contributed by atoms with Gasteiger partial charge in [0.15, 0.2) is 11.5 Å². The van der Waals surface area contributed by atoms with Gasteiger partial charge in [0.1, 0.15) is 0 Å². The molecule has 1 unspecified atom stereocenters. The highest BCUT2D eigenvalue weighted by atomic mass is 16.5. The van der Waals surface area contributed by atoms with Crippen molar-refractivity contribution in [3.63, 3.8) is 0 Å². The number of carbonyl (C=O) groups is 2. The number of methoxy groups -OCH3 is 2. The van der Waals surface area contributed by atoms with Crippen LogP contribution in [0.3, 0.4) is 0 Å². The van der Waals surface area contributed by atoms with Crippen LogP contribution < -0.4 is 20.1 Å². The topological polar surface area (TPSA) is 119 Å². The number of rotatable bonds is 8. The number of piperidine rings is 1. The minimum atomic E-state index is -0.165. The smallest absolute Gasteiger partial charge is 0.241 e. The van der Waals surface area contributed by atoms with Crippen molar-refractivity contribution in [2.75, 3.05) is 37.9 Å². The zero-order valence-electron chi connectivity index (χ0n) is 20.0. The van der Waals surface area contributed by atoms with Crippen LogP contribution >= 0.6 is 0 Å². The van der Waals surface area contributed by atoms with Gasteiger partial charge >= 0.3 is 0 Å². The Morgan fingerprint density at radius 1 is 1.09 bits per heavy atom. The van der Waals surface area contributed by atoms with E-state index >= 15 is 0 Å². The molecule has 1 fully saturated rings. The van der Waals surface area contributed by atoms with E-state index in [-0.39, 0.29) is 17.7 Å². The molecule has 0 radical (unpaired) electrons. The van der Waals surface area contributed by atoms with Gasteiger partial charge in [-0.1, -0.05) is 11.2 Å². The summed E-state index contributed by atoms with van der Waals surface area (Å²) in [6, 6.07) is 12.6. The van der Waals surface area contributed by atoms with Crippen LogP contribution in [0.1, 0.15) is 25.7 Å². The van der Waals surface area contributed by atoms with E-state index < -0.39 is 0 Å². The van der Waals surface area contributed by atoms with Gasteiger partial charge in [0.05, 0.1) is 26.7 Å². The van der Waals surface area contributed by atoms with E-state index in [4.69, 9.17) is 14.0 Å². The van der Waals surface area contributed by atoms with Gasteiger partial charge in [-0.05, 0) is 55.8 Å². The molecule has 184 valence electrons. The molecule has 1 saturated heterocycles. The van der Waals surface area contributed by atoms with E-state index in [9.17, 15) is 9.59 Å². The number of carbonyl (C=O) groups excluding carboxylic acids is 2. The van der Waals surface area contributed by atoms with Crippen LogP contribution in [0.25, 0.3) is 11.4 Å². The molecule has 3 aromatic rings. The van der Waals surface area contributed by atoms with Crippen LogP contribution in [0.2, 0.25) is 0 Å². The highest BCUT2D eigenvalue weighted by Gasteiger charge is 2.27. The number of hydrogen-bond donors (Lipinski definition) is 2. The second kappa shape index (κ2) is 11.0. The molecule has 0 spiro atoms. The van der Waals surface area contributed by atoms with Gasteiger partial charge in [-0.15, -0.1) is 0 Å². The largest absolute Gasteiger partial charge is 0.493 e. The summed E-state index contributed by atoms with van der Waals surface area (Å²) in [6.07, 6.45) is 1.69. The quantitative estimate of drug-likeness (QED) is 0.503. The average Bonchev–Trinajstić information content (AvgIpc) is 3.32. The van der Waals surface area contributed by atoms with Gasteiger partial charge < -0.3 is 24.6 Å². The van der Waals surface area contributed by atoms with Crippen LogP contribution in [0.4, 0.5) is 11.4 Å². The lowest BCUT2D eigenvalue weighted by Gasteiger charge is -2.30. The highest BCUT2D eigenvalue weighted by Crippen LogP contribution is 2.31. The summed E-state index contributed by atoms with van der Waals surface area (Å²) < 4.78 is 16.1. The lowest BCUT2D eigenvalue weighted by molar-refractivity contribution is -0.121. The first-order chi connectivity index (χ1) is 16.9. The fourth-order valence-corrected chi connectivity index (χ4v) is 4.14. The zero-order chi connectivity index (χ0) is 24.8. The molecule has 1 aromatic heterocycles. The van der Waals surface area contributed by atoms with Crippen LogP contribution in [-0.4, -0.2) is 54.2 Å². The van der Waals surface area contributed by atoms with Crippen molar-refractivity contribution in [3.05, 3.63) is 48.4 Å². The van der Waals surface area contributed by atoms with Gasteiger partial charge in [-0.25, -0.2) is 0 Å². The maximum absolute atomic E-state index is 12.9. The number of amides is 2. The van der Waals surface area contributed by atoms with Crippen molar-refractivity contribution in [2.45, 2.75) is 26.3 Å². The van der Waals surface area contributed by atoms with Crippen LogP contribution in [0, 0.1) is 5.92 Å². The molecular formula is C25H29N5O5. The molecule has 1 aliphatic heterocycles. The highest BCUT2D eigenvalue weighted by molar-refractivity contribution is 5.94. The Morgan fingerprint density at radius 2 is 1.86 bits per heavy atom. The Bertz CT molecular complexity index is 1190. The van der Waals surface area contributed by atoms with E-state index in [0.717, 1.165) is 24.9 Å². The number of nitrogens with zero attached hydrogens (tertiary/aromatic N) is 3. The third-order valence-corrected chi connectivity index (χ3v) is 5.80. The minimum absolute atomic E-state index is 0.0498. The SMILES string of the molecule is COc1ccc(-c2noc(CN3CCCC(C(=O)Nc4cccc(NC(C)=O)c4)C3)n2)cc1OC. The molecule has 4 rings (SSSR count). The third-order valence-electron chi connectivity index (χ3n) is 5.80. The van der Waals surface area contributed by atoms with E-state index in [1.54, 1.807) is 50.6 Å². The Labute approximate surface area is 203 Å². The molecule has 0 saturated carbocycles. The zero-order valence-corrected chi connectivity index (χ0v) is 20.0. The molecule has 35 heavy (non-hydrogen) atoms. The first-order valence-corrected chi connectivity index (χ1v) is 11.4. The van der Waals surface area contributed by atoms with Gasteiger partial charge in [-0.3, -0.25) is 14.5 Å². The predicted molar refractivity (Wildman–Crippen MR) is 130 cm³/mol. The van der Waals surface area contributed by atoms with E-state index in [1.807, 2.05) is 6.07 Å². The van der Waals surface area contributed by atoms with Crippen molar-refractivity contribution in [1.29, 1.82) is 0 Å². The molecular weight excluding hydrogens is 450 g/mol. The second-order valence-corrected chi connectivity index (χ2v) is 8.41. The number of ether oxygens (including phenoxy) is 2. The van der Waals surface area contributed by atoms with Crippen molar-refractivity contribution in [1.82, 2.24) is 15.0 Å². The number of anilines is 2. The average molecular weight is 480 g/mol. The summed E-state index contributed by atoms with van der Waals surface area (Å²) in [5, 5.41) is 9.79. The number of hydrogen-bond acceptors (Lipinski definition) is 8. The van der Waals surface area contributed by atoms with Crippen LogP contribution in [0.15, 0.2) is 47.0 Å². The molecule has 0 bridgehead atoms. The maximum Gasteiger partial charge on any atom is 0.241 e. The van der Waals surface area contributed by atoms with E-state index in [0.29, 0.717) is 47.7 Å². The lowest BCUT2D eigenvalue weighted by Crippen LogP contribution is -2.40.